The first kappa shape index (κ1) is 9.48. The highest BCUT2D eigenvalue weighted by atomic mass is 32.1. The maximum absolute atomic E-state index is 11.7. The molecule has 0 unspecified atom stereocenters. The Morgan fingerprint density at radius 1 is 1.12 bits per heavy atom. The Balaban J connectivity index is 2.57. The number of aryl methyl sites for hydroxylation is 1. The van der Waals surface area contributed by atoms with Crippen molar-refractivity contribution in [2.45, 2.75) is 6.92 Å². The number of esters is 1. The predicted octanol–water partition coefficient (Wildman–Crippen LogP) is 2.99. The van der Waals surface area contributed by atoms with Crippen LogP contribution in [-0.2, 0) is 4.74 Å². The van der Waals surface area contributed by atoms with Gasteiger partial charge in [0.25, 0.3) is 0 Å². The molecular formula is C13H8O2S. The van der Waals surface area contributed by atoms with Gasteiger partial charge in [0, 0.05) is 10.9 Å². The molecule has 2 aromatic rings. The van der Waals surface area contributed by atoms with Gasteiger partial charge in [-0.1, -0.05) is 18.2 Å². The quantitative estimate of drug-likeness (QED) is 0.512. The molecular weight excluding hydrogens is 220 g/mol. The van der Waals surface area contributed by atoms with Gasteiger partial charge in [-0.25, -0.2) is 4.79 Å². The van der Waals surface area contributed by atoms with Gasteiger partial charge in [0.15, 0.2) is 0 Å². The lowest BCUT2D eigenvalue weighted by atomic mass is 9.95. The molecule has 0 atom stereocenters. The van der Waals surface area contributed by atoms with E-state index in [4.69, 9.17) is 17.0 Å². The number of ether oxygens (including phenoxy) is 1. The maximum atomic E-state index is 11.7. The standard InChI is InChI=1S/C13H8O2S/c1-7-5-6-10-11-8(7)3-2-4-9(11)12(14)15-13(10)16/h2-6H,1H3. The number of benzene rings is 2. The van der Waals surface area contributed by atoms with E-state index in [1.54, 1.807) is 6.07 Å². The highest BCUT2D eigenvalue weighted by Gasteiger charge is 2.24. The third-order valence-electron chi connectivity index (χ3n) is 2.88. The SMILES string of the molecule is Cc1ccc2c3c(cccc13)C(=O)OC2=S. The van der Waals surface area contributed by atoms with E-state index < -0.39 is 0 Å². The summed E-state index contributed by atoms with van der Waals surface area (Å²) in [4.78, 5) is 11.7. The lowest BCUT2D eigenvalue weighted by molar-refractivity contribution is 0.0722. The number of cyclic esters (lactones) is 1. The zero-order chi connectivity index (χ0) is 11.3. The molecule has 0 radical (unpaired) electrons. The number of hydrogen-bond acceptors (Lipinski definition) is 3. The normalized spacial score (nSPS) is 14.1. The van der Waals surface area contributed by atoms with Crippen molar-refractivity contribution in [3.05, 3.63) is 47.0 Å². The second-order valence-corrected chi connectivity index (χ2v) is 4.21. The van der Waals surface area contributed by atoms with E-state index in [9.17, 15) is 4.79 Å². The zero-order valence-corrected chi connectivity index (χ0v) is 9.43. The molecule has 2 aromatic carbocycles. The van der Waals surface area contributed by atoms with Crippen LogP contribution in [0.25, 0.3) is 10.8 Å². The van der Waals surface area contributed by atoms with E-state index in [-0.39, 0.29) is 11.0 Å². The number of thiocarbonyl (C=S) groups is 1. The Labute approximate surface area is 97.8 Å². The minimum atomic E-state index is -0.353. The molecule has 0 aromatic heterocycles. The summed E-state index contributed by atoms with van der Waals surface area (Å²) in [6.07, 6.45) is 0. The van der Waals surface area contributed by atoms with Crippen molar-refractivity contribution in [2.24, 2.45) is 0 Å². The van der Waals surface area contributed by atoms with E-state index >= 15 is 0 Å². The Morgan fingerprint density at radius 3 is 2.75 bits per heavy atom. The van der Waals surface area contributed by atoms with Crippen molar-refractivity contribution in [2.75, 3.05) is 0 Å². The fraction of sp³-hybridized carbons (Fsp3) is 0.0769. The van der Waals surface area contributed by atoms with Crippen LogP contribution in [0, 0.1) is 6.92 Å². The molecule has 0 bridgehead atoms. The number of carbonyl (C=O) groups is 1. The van der Waals surface area contributed by atoms with Crippen LogP contribution in [0.5, 0.6) is 0 Å². The average Bonchev–Trinajstić information content (AvgIpc) is 2.27. The van der Waals surface area contributed by atoms with Crippen LogP contribution < -0.4 is 0 Å². The highest BCUT2D eigenvalue weighted by Crippen LogP contribution is 2.30. The van der Waals surface area contributed by atoms with E-state index in [1.807, 2.05) is 31.2 Å². The van der Waals surface area contributed by atoms with Crippen LogP contribution >= 0.6 is 12.2 Å². The summed E-state index contributed by atoms with van der Waals surface area (Å²) in [6, 6.07) is 9.54. The lowest BCUT2D eigenvalue weighted by Crippen LogP contribution is -2.18. The molecule has 2 nitrogen and oxygen atoms in total. The van der Waals surface area contributed by atoms with Crippen LogP contribution in [0.3, 0.4) is 0 Å². The Morgan fingerprint density at radius 2 is 1.94 bits per heavy atom. The molecule has 3 heteroatoms. The van der Waals surface area contributed by atoms with Crippen molar-refractivity contribution in [3.63, 3.8) is 0 Å². The molecule has 0 saturated carbocycles. The summed E-state index contributed by atoms with van der Waals surface area (Å²) in [5.74, 6) is -0.353. The van der Waals surface area contributed by atoms with Gasteiger partial charge in [-0.3, -0.25) is 0 Å². The van der Waals surface area contributed by atoms with Crippen molar-refractivity contribution >= 4 is 34.0 Å². The highest BCUT2D eigenvalue weighted by molar-refractivity contribution is 7.80. The number of hydrogen-bond donors (Lipinski definition) is 0. The first-order chi connectivity index (χ1) is 7.68. The van der Waals surface area contributed by atoms with E-state index in [0.717, 1.165) is 21.9 Å². The summed E-state index contributed by atoms with van der Waals surface area (Å²) in [5.41, 5.74) is 2.58. The van der Waals surface area contributed by atoms with Crippen LogP contribution in [0.1, 0.15) is 21.5 Å². The zero-order valence-electron chi connectivity index (χ0n) is 8.61. The van der Waals surface area contributed by atoms with Gasteiger partial charge in [0.2, 0.25) is 5.05 Å². The van der Waals surface area contributed by atoms with Crippen molar-refractivity contribution in [1.29, 1.82) is 0 Å². The smallest absolute Gasteiger partial charge is 0.345 e. The molecule has 1 aliphatic rings. The second kappa shape index (κ2) is 3.12. The topological polar surface area (TPSA) is 26.3 Å². The van der Waals surface area contributed by atoms with Crippen LogP contribution in [0.15, 0.2) is 30.3 Å². The Kier molecular flexibility index (Phi) is 1.85. The molecule has 78 valence electrons. The average molecular weight is 228 g/mol. The van der Waals surface area contributed by atoms with Crippen molar-refractivity contribution in [3.8, 4) is 0 Å². The third kappa shape index (κ3) is 1.12. The summed E-state index contributed by atoms with van der Waals surface area (Å²) in [6.45, 7) is 2.02. The molecule has 3 rings (SSSR count). The summed E-state index contributed by atoms with van der Waals surface area (Å²) < 4.78 is 5.04. The molecule has 0 spiro atoms. The predicted molar refractivity (Wildman–Crippen MR) is 65.8 cm³/mol. The molecule has 1 heterocycles. The van der Waals surface area contributed by atoms with Crippen LogP contribution in [-0.4, -0.2) is 11.0 Å². The molecule has 1 aliphatic heterocycles. The van der Waals surface area contributed by atoms with Gasteiger partial charge in [-0.05, 0) is 42.2 Å². The molecule has 0 aliphatic carbocycles. The molecule has 16 heavy (non-hydrogen) atoms. The lowest BCUT2D eigenvalue weighted by Gasteiger charge is -2.18. The van der Waals surface area contributed by atoms with Gasteiger partial charge < -0.3 is 4.74 Å². The van der Waals surface area contributed by atoms with Gasteiger partial charge >= 0.3 is 5.97 Å². The Bertz CT molecular complexity index is 623. The molecule has 0 saturated heterocycles. The third-order valence-corrected chi connectivity index (χ3v) is 3.19. The first-order valence-electron chi connectivity index (χ1n) is 4.97. The van der Waals surface area contributed by atoms with Crippen LogP contribution in [0.4, 0.5) is 0 Å². The van der Waals surface area contributed by atoms with E-state index in [0.29, 0.717) is 5.56 Å². The van der Waals surface area contributed by atoms with Gasteiger partial charge in [-0.15, -0.1) is 0 Å². The maximum Gasteiger partial charge on any atom is 0.345 e. The second-order valence-electron chi connectivity index (χ2n) is 3.84. The first-order valence-corrected chi connectivity index (χ1v) is 5.38. The van der Waals surface area contributed by atoms with Crippen molar-refractivity contribution in [1.82, 2.24) is 0 Å². The minimum absolute atomic E-state index is 0.272. The van der Waals surface area contributed by atoms with Crippen molar-refractivity contribution < 1.29 is 9.53 Å². The Hall–Kier alpha value is -1.74. The van der Waals surface area contributed by atoms with Gasteiger partial charge in [0.1, 0.15) is 0 Å². The van der Waals surface area contributed by atoms with E-state index in [1.165, 1.54) is 0 Å². The van der Waals surface area contributed by atoms with Crippen LogP contribution in [0.2, 0.25) is 0 Å². The molecule has 0 N–H and O–H groups in total. The monoisotopic (exact) mass is 228 g/mol. The number of carbonyl (C=O) groups excluding carboxylic acids is 1. The van der Waals surface area contributed by atoms with Gasteiger partial charge in [0.05, 0.1) is 5.56 Å². The van der Waals surface area contributed by atoms with Gasteiger partial charge in [-0.2, -0.15) is 0 Å². The summed E-state index contributed by atoms with van der Waals surface area (Å²) in [5, 5.41) is 2.26. The summed E-state index contributed by atoms with van der Waals surface area (Å²) >= 11 is 5.07. The molecule has 0 fully saturated rings. The largest absolute Gasteiger partial charge is 0.410 e. The molecule has 0 amide bonds. The fourth-order valence-corrected chi connectivity index (χ4v) is 2.33. The number of rotatable bonds is 0. The minimum Gasteiger partial charge on any atom is -0.410 e. The van der Waals surface area contributed by atoms with E-state index in [2.05, 4.69) is 0 Å². The fourth-order valence-electron chi connectivity index (χ4n) is 2.09. The summed E-state index contributed by atoms with van der Waals surface area (Å²) in [7, 11) is 0.